The first-order valence-corrected chi connectivity index (χ1v) is 15.1. The summed E-state index contributed by atoms with van der Waals surface area (Å²) in [4.78, 5) is 38.7. The molecule has 2 atom stereocenters. The number of ether oxygens (including phenoxy) is 2. The molecule has 2 aliphatic carbocycles. The molecule has 8 nitrogen and oxygen atoms in total. The van der Waals surface area contributed by atoms with E-state index in [1.165, 1.54) is 12.1 Å². The molecule has 3 aromatic carbocycles. The minimum absolute atomic E-state index is 0.0323. The van der Waals surface area contributed by atoms with Crippen LogP contribution in [-0.4, -0.2) is 42.4 Å². The number of methoxy groups -OCH3 is 1. The van der Waals surface area contributed by atoms with Crippen LogP contribution in [0.3, 0.4) is 0 Å². The summed E-state index contributed by atoms with van der Waals surface area (Å²) in [5.41, 5.74) is 5.46. The Morgan fingerprint density at radius 1 is 1.05 bits per heavy atom. The number of hydrazone groups is 1. The predicted octanol–water partition coefficient (Wildman–Crippen LogP) is 5.86. The van der Waals surface area contributed by atoms with Crippen LogP contribution in [0.5, 0.6) is 0 Å². The lowest BCUT2D eigenvalue weighted by molar-refractivity contribution is -0.145. The van der Waals surface area contributed by atoms with Gasteiger partial charge in [-0.1, -0.05) is 60.8 Å². The Labute approximate surface area is 256 Å². The molecule has 0 aromatic heterocycles. The molecule has 0 spiro atoms. The maximum Gasteiger partial charge on any atom is 0.309 e. The molecule has 6 rings (SSSR count). The molecule has 2 amide bonds. The zero-order valence-corrected chi connectivity index (χ0v) is 24.8. The van der Waals surface area contributed by atoms with Gasteiger partial charge in [0, 0.05) is 16.3 Å². The van der Waals surface area contributed by atoms with E-state index in [-0.39, 0.29) is 48.7 Å². The Morgan fingerprint density at radius 2 is 1.79 bits per heavy atom. The number of hydrogen-bond acceptors (Lipinski definition) is 6. The van der Waals surface area contributed by atoms with Crippen molar-refractivity contribution >= 4 is 41.0 Å². The number of fused-ring (bicyclic) bond motifs is 1. The summed E-state index contributed by atoms with van der Waals surface area (Å²) in [5.74, 6) is -0.382. The summed E-state index contributed by atoms with van der Waals surface area (Å²) in [5, 5.41) is 9.69. The van der Waals surface area contributed by atoms with Crippen LogP contribution in [0.2, 0.25) is 5.02 Å². The molecule has 1 heterocycles. The van der Waals surface area contributed by atoms with Crippen molar-refractivity contribution in [2.24, 2.45) is 16.9 Å². The van der Waals surface area contributed by atoms with E-state index in [0.29, 0.717) is 23.8 Å². The van der Waals surface area contributed by atoms with Gasteiger partial charge >= 0.3 is 5.97 Å². The number of carbonyl (C=O) groups excluding carboxylic acids is 3. The van der Waals surface area contributed by atoms with Crippen LogP contribution in [-0.2, 0) is 43.2 Å². The van der Waals surface area contributed by atoms with E-state index in [2.05, 4.69) is 10.4 Å². The van der Waals surface area contributed by atoms with E-state index in [0.717, 1.165) is 59.2 Å². The lowest BCUT2D eigenvalue weighted by atomic mass is 9.83. The molecular formula is C34H34ClN3O5. The number of nitrogens with zero attached hydrogens (tertiary/aromatic N) is 2. The molecular weight excluding hydrogens is 566 g/mol. The summed E-state index contributed by atoms with van der Waals surface area (Å²) in [6, 6.07) is 20.9. The minimum Gasteiger partial charge on any atom is -0.469 e. The Bertz CT molecular complexity index is 1550. The van der Waals surface area contributed by atoms with E-state index < -0.39 is 0 Å². The van der Waals surface area contributed by atoms with E-state index in [9.17, 15) is 14.4 Å². The third-order valence-corrected chi connectivity index (χ3v) is 8.98. The van der Waals surface area contributed by atoms with Crippen molar-refractivity contribution in [3.8, 4) is 0 Å². The highest BCUT2D eigenvalue weighted by Crippen LogP contribution is 2.39. The molecule has 222 valence electrons. The van der Waals surface area contributed by atoms with Crippen molar-refractivity contribution in [1.29, 1.82) is 0 Å². The summed E-state index contributed by atoms with van der Waals surface area (Å²) >= 11 is 6.00. The number of nitrogens with one attached hydrogen (secondary N) is 1. The fraction of sp³-hybridized carbons (Fsp3) is 0.353. The average Bonchev–Trinajstić information content (AvgIpc) is 3.71. The van der Waals surface area contributed by atoms with E-state index in [4.69, 9.17) is 21.1 Å². The van der Waals surface area contributed by atoms with Gasteiger partial charge < -0.3 is 14.8 Å². The van der Waals surface area contributed by atoms with Crippen molar-refractivity contribution in [3.63, 3.8) is 0 Å². The van der Waals surface area contributed by atoms with Gasteiger partial charge in [0.05, 0.1) is 25.5 Å². The SMILES string of the molecule is COC(=O)C1Cc2cccc(NC(=O)C(c3ccc(CN4N=C(c5ccc(Cl)cc5)OCC4=O)cc3)C3CCCC3)c2C1. The van der Waals surface area contributed by atoms with E-state index >= 15 is 0 Å². The number of benzene rings is 3. The van der Waals surface area contributed by atoms with Gasteiger partial charge in [0.15, 0.2) is 6.61 Å². The van der Waals surface area contributed by atoms with Crippen LogP contribution in [0.1, 0.15) is 59.4 Å². The van der Waals surface area contributed by atoms with Gasteiger partial charge in [-0.2, -0.15) is 0 Å². The Kier molecular flexibility index (Phi) is 8.47. The molecule has 1 N–H and O–H groups in total. The number of hydrogen-bond donors (Lipinski definition) is 1. The van der Waals surface area contributed by atoms with Gasteiger partial charge in [0.25, 0.3) is 5.91 Å². The molecule has 3 aliphatic rings. The van der Waals surface area contributed by atoms with Gasteiger partial charge in [0.2, 0.25) is 11.8 Å². The van der Waals surface area contributed by atoms with Gasteiger partial charge in [0.1, 0.15) is 0 Å². The summed E-state index contributed by atoms with van der Waals surface area (Å²) in [7, 11) is 1.41. The first-order chi connectivity index (χ1) is 20.9. The highest BCUT2D eigenvalue weighted by atomic mass is 35.5. The number of anilines is 1. The molecule has 1 fully saturated rings. The zero-order chi connectivity index (χ0) is 29.9. The van der Waals surface area contributed by atoms with Crippen LogP contribution < -0.4 is 5.32 Å². The Hall–Kier alpha value is -4.17. The van der Waals surface area contributed by atoms with Crippen molar-refractivity contribution in [1.82, 2.24) is 5.01 Å². The third kappa shape index (κ3) is 6.30. The highest BCUT2D eigenvalue weighted by molar-refractivity contribution is 6.30. The van der Waals surface area contributed by atoms with Gasteiger partial charge in [-0.05, 0) is 84.2 Å². The van der Waals surface area contributed by atoms with Crippen molar-refractivity contribution in [2.45, 2.75) is 51.0 Å². The second-order valence-electron chi connectivity index (χ2n) is 11.5. The van der Waals surface area contributed by atoms with Crippen LogP contribution in [0.25, 0.3) is 0 Å². The van der Waals surface area contributed by atoms with Gasteiger partial charge in [-0.15, -0.1) is 5.10 Å². The summed E-state index contributed by atoms with van der Waals surface area (Å²) in [6.07, 6.45) is 5.41. The monoisotopic (exact) mass is 599 g/mol. The standard InChI is InChI=1S/C34H34ClN3O5/c1-42-34(41)26-17-25-7-4-8-29(28(25)18-26)36-32(40)31(22-5-2-3-6-22)23-11-9-21(10-12-23)19-38-30(39)20-43-33(37-38)24-13-15-27(35)16-14-24/h4,7-16,22,26,31H,2-3,5-6,17-20H2,1H3,(H,36,40). The highest BCUT2D eigenvalue weighted by Gasteiger charge is 2.34. The second-order valence-corrected chi connectivity index (χ2v) is 11.9. The number of amides is 2. The third-order valence-electron chi connectivity index (χ3n) is 8.73. The normalized spacial score (nSPS) is 18.9. The minimum atomic E-state index is -0.301. The number of carbonyl (C=O) groups is 3. The molecule has 43 heavy (non-hydrogen) atoms. The predicted molar refractivity (Wildman–Crippen MR) is 164 cm³/mol. The number of halogens is 1. The number of rotatable bonds is 8. The fourth-order valence-electron chi connectivity index (χ4n) is 6.50. The van der Waals surface area contributed by atoms with Crippen LogP contribution >= 0.6 is 11.6 Å². The summed E-state index contributed by atoms with van der Waals surface area (Å²) in [6.45, 7) is 0.199. The van der Waals surface area contributed by atoms with Crippen LogP contribution in [0.15, 0.2) is 71.8 Å². The quantitative estimate of drug-likeness (QED) is 0.327. The summed E-state index contributed by atoms with van der Waals surface area (Å²) < 4.78 is 10.5. The molecule has 0 saturated heterocycles. The topological polar surface area (TPSA) is 97.3 Å². The lowest BCUT2D eigenvalue weighted by Crippen LogP contribution is -2.36. The molecule has 1 aliphatic heterocycles. The molecule has 0 bridgehead atoms. The van der Waals surface area contributed by atoms with E-state index in [1.807, 2.05) is 42.5 Å². The van der Waals surface area contributed by atoms with Crippen molar-refractivity contribution < 1.29 is 23.9 Å². The second kappa shape index (κ2) is 12.6. The van der Waals surface area contributed by atoms with Crippen LogP contribution in [0, 0.1) is 11.8 Å². The molecule has 3 aromatic rings. The fourth-order valence-corrected chi connectivity index (χ4v) is 6.63. The maximum absolute atomic E-state index is 13.9. The molecule has 1 saturated carbocycles. The Morgan fingerprint density at radius 3 is 2.51 bits per heavy atom. The maximum atomic E-state index is 13.9. The van der Waals surface area contributed by atoms with E-state index in [1.54, 1.807) is 24.3 Å². The van der Waals surface area contributed by atoms with Gasteiger partial charge in [-0.25, -0.2) is 5.01 Å². The largest absolute Gasteiger partial charge is 0.469 e. The van der Waals surface area contributed by atoms with Gasteiger partial charge in [-0.3, -0.25) is 14.4 Å². The lowest BCUT2D eigenvalue weighted by Gasteiger charge is -2.25. The first-order valence-electron chi connectivity index (χ1n) is 14.8. The first kappa shape index (κ1) is 28.9. The smallest absolute Gasteiger partial charge is 0.309 e. The zero-order valence-electron chi connectivity index (χ0n) is 24.1. The molecule has 9 heteroatoms. The molecule has 2 unspecified atom stereocenters. The van der Waals surface area contributed by atoms with Crippen LogP contribution in [0.4, 0.5) is 5.69 Å². The number of esters is 1. The van der Waals surface area contributed by atoms with Crippen molar-refractivity contribution in [2.75, 3.05) is 19.0 Å². The average molecular weight is 600 g/mol. The van der Waals surface area contributed by atoms with Crippen molar-refractivity contribution in [3.05, 3.63) is 99.6 Å². The molecule has 0 radical (unpaired) electrons. The Balaban J connectivity index is 1.19.